The molecule has 0 spiro atoms. The van der Waals surface area contributed by atoms with Gasteiger partial charge >= 0.3 is 0 Å². The van der Waals surface area contributed by atoms with Crippen molar-refractivity contribution in [2.24, 2.45) is 0 Å². The van der Waals surface area contributed by atoms with E-state index in [-0.39, 0.29) is 11.5 Å². The molecular weight excluding hydrogens is 230 g/mol. The van der Waals surface area contributed by atoms with Crippen LogP contribution in [0.1, 0.15) is 62.9 Å². The maximum Gasteiger partial charge on any atom is 0.265 e. The summed E-state index contributed by atoms with van der Waals surface area (Å²) < 4.78 is 5.21. The van der Waals surface area contributed by atoms with Gasteiger partial charge in [0.15, 0.2) is 0 Å². The fourth-order valence-corrected chi connectivity index (χ4v) is 2.69. The number of aromatic amines is 1. The highest BCUT2D eigenvalue weighted by Gasteiger charge is 2.23. The van der Waals surface area contributed by atoms with Crippen LogP contribution in [0.4, 0.5) is 0 Å². The molecule has 5 nitrogen and oxygen atoms in total. The minimum Gasteiger partial charge on any atom is -0.335 e. The van der Waals surface area contributed by atoms with E-state index in [9.17, 15) is 4.79 Å². The molecule has 96 valence electrons. The van der Waals surface area contributed by atoms with Gasteiger partial charge in [-0.3, -0.25) is 4.79 Å². The van der Waals surface area contributed by atoms with Crippen LogP contribution in [0.3, 0.4) is 0 Å². The van der Waals surface area contributed by atoms with E-state index in [0.717, 1.165) is 18.7 Å². The van der Waals surface area contributed by atoms with Crippen molar-refractivity contribution in [2.75, 3.05) is 0 Å². The molecule has 18 heavy (non-hydrogen) atoms. The molecular formula is C13H17N3O2. The zero-order chi connectivity index (χ0) is 12.7. The van der Waals surface area contributed by atoms with Gasteiger partial charge in [0.05, 0.1) is 0 Å². The predicted octanol–water partition coefficient (Wildman–Crippen LogP) is 2.69. The van der Waals surface area contributed by atoms with E-state index in [2.05, 4.69) is 15.1 Å². The van der Waals surface area contributed by atoms with Crippen molar-refractivity contribution in [1.82, 2.24) is 15.1 Å². The van der Waals surface area contributed by atoms with Crippen LogP contribution in [0.5, 0.6) is 0 Å². The SMILES string of the molecule is CC(C)c1noc2nc(C3CCCC3)[nH]c(=O)c12. The summed E-state index contributed by atoms with van der Waals surface area (Å²) >= 11 is 0. The van der Waals surface area contributed by atoms with Crippen LogP contribution in [0, 0.1) is 0 Å². The van der Waals surface area contributed by atoms with Crippen LogP contribution >= 0.6 is 0 Å². The summed E-state index contributed by atoms with van der Waals surface area (Å²) in [6.07, 6.45) is 4.61. The number of H-pyrrole nitrogens is 1. The van der Waals surface area contributed by atoms with Crippen molar-refractivity contribution in [3.8, 4) is 0 Å². The second-order valence-electron chi connectivity index (χ2n) is 5.34. The summed E-state index contributed by atoms with van der Waals surface area (Å²) in [5.74, 6) is 1.29. The minimum absolute atomic E-state index is 0.119. The number of nitrogens with zero attached hydrogens (tertiary/aromatic N) is 2. The Balaban J connectivity index is 2.14. The van der Waals surface area contributed by atoms with Gasteiger partial charge in [-0.15, -0.1) is 0 Å². The molecule has 0 saturated heterocycles. The summed E-state index contributed by atoms with van der Waals surface area (Å²) in [6.45, 7) is 3.98. The molecule has 0 amide bonds. The first-order valence-corrected chi connectivity index (χ1v) is 6.56. The Morgan fingerprint density at radius 2 is 2.06 bits per heavy atom. The Kier molecular flexibility index (Phi) is 2.69. The van der Waals surface area contributed by atoms with Crippen LogP contribution < -0.4 is 5.56 Å². The van der Waals surface area contributed by atoms with Gasteiger partial charge in [-0.05, 0) is 18.8 Å². The minimum atomic E-state index is -0.119. The summed E-state index contributed by atoms with van der Waals surface area (Å²) in [4.78, 5) is 19.5. The van der Waals surface area contributed by atoms with Crippen molar-refractivity contribution >= 4 is 11.1 Å². The molecule has 3 rings (SSSR count). The molecule has 2 aromatic rings. The lowest BCUT2D eigenvalue weighted by Gasteiger charge is -2.06. The van der Waals surface area contributed by atoms with Crippen LogP contribution in [-0.2, 0) is 0 Å². The zero-order valence-corrected chi connectivity index (χ0v) is 10.7. The quantitative estimate of drug-likeness (QED) is 0.885. The summed E-state index contributed by atoms with van der Waals surface area (Å²) in [5, 5.41) is 4.47. The Morgan fingerprint density at radius 3 is 2.72 bits per heavy atom. The van der Waals surface area contributed by atoms with Gasteiger partial charge in [0.2, 0.25) is 0 Å². The molecule has 5 heteroatoms. The molecule has 2 aromatic heterocycles. The van der Waals surface area contributed by atoms with Gasteiger partial charge in [-0.2, -0.15) is 4.98 Å². The highest BCUT2D eigenvalue weighted by atomic mass is 16.5. The molecule has 0 aliphatic heterocycles. The summed E-state index contributed by atoms with van der Waals surface area (Å²) in [7, 11) is 0. The number of aromatic nitrogens is 3. The van der Waals surface area contributed by atoms with E-state index in [1.165, 1.54) is 12.8 Å². The largest absolute Gasteiger partial charge is 0.335 e. The van der Waals surface area contributed by atoms with Crippen molar-refractivity contribution in [3.63, 3.8) is 0 Å². The van der Waals surface area contributed by atoms with Crippen molar-refractivity contribution in [2.45, 2.75) is 51.4 Å². The molecule has 0 bridgehead atoms. The van der Waals surface area contributed by atoms with Crippen molar-refractivity contribution in [3.05, 3.63) is 21.9 Å². The first-order valence-electron chi connectivity index (χ1n) is 6.56. The fraction of sp³-hybridized carbons (Fsp3) is 0.615. The lowest BCUT2D eigenvalue weighted by molar-refractivity contribution is 0.432. The Hall–Kier alpha value is -1.65. The number of nitrogens with one attached hydrogen (secondary N) is 1. The standard InChI is InChI=1S/C13H17N3O2/c1-7(2)10-9-12(17)14-11(8-5-3-4-6-8)15-13(9)18-16-10/h7-8H,3-6H2,1-2H3,(H,14,15,17). The van der Waals surface area contributed by atoms with Gasteiger partial charge in [-0.1, -0.05) is 31.8 Å². The Morgan fingerprint density at radius 1 is 1.33 bits per heavy atom. The Bertz CT molecular complexity index is 621. The summed E-state index contributed by atoms with van der Waals surface area (Å²) in [5.41, 5.74) is 0.952. The maximum absolute atomic E-state index is 12.1. The van der Waals surface area contributed by atoms with Gasteiger partial charge in [0.25, 0.3) is 11.3 Å². The highest BCUT2D eigenvalue weighted by Crippen LogP contribution is 2.32. The molecule has 0 radical (unpaired) electrons. The van der Waals surface area contributed by atoms with Gasteiger partial charge < -0.3 is 9.51 Å². The molecule has 2 heterocycles. The monoisotopic (exact) mass is 247 g/mol. The fourth-order valence-electron chi connectivity index (χ4n) is 2.69. The second-order valence-corrected chi connectivity index (χ2v) is 5.34. The molecule has 0 atom stereocenters. The van der Waals surface area contributed by atoms with E-state index in [0.29, 0.717) is 22.7 Å². The highest BCUT2D eigenvalue weighted by molar-refractivity contribution is 5.75. The topological polar surface area (TPSA) is 71.8 Å². The average Bonchev–Trinajstić information content (AvgIpc) is 2.97. The molecule has 1 aliphatic carbocycles. The molecule has 1 fully saturated rings. The van der Waals surface area contributed by atoms with E-state index >= 15 is 0 Å². The lowest BCUT2D eigenvalue weighted by Crippen LogP contribution is -2.14. The average molecular weight is 247 g/mol. The number of hydrogen-bond acceptors (Lipinski definition) is 4. The van der Waals surface area contributed by atoms with Gasteiger partial charge in [0, 0.05) is 5.92 Å². The molecule has 1 saturated carbocycles. The van der Waals surface area contributed by atoms with Gasteiger partial charge in [-0.25, -0.2) is 0 Å². The first kappa shape index (κ1) is 11.4. The van der Waals surface area contributed by atoms with E-state index in [1.54, 1.807) is 0 Å². The predicted molar refractivity (Wildman–Crippen MR) is 67.7 cm³/mol. The lowest BCUT2D eigenvalue weighted by atomic mass is 10.1. The summed E-state index contributed by atoms with van der Waals surface area (Å²) in [6, 6.07) is 0. The van der Waals surface area contributed by atoms with E-state index < -0.39 is 0 Å². The van der Waals surface area contributed by atoms with E-state index in [1.807, 2.05) is 13.8 Å². The third-order valence-electron chi connectivity index (χ3n) is 3.68. The van der Waals surface area contributed by atoms with Crippen LogP contribution in [0.2, 0.25) is 0 Å². The first-order chi connectivity index (χ1) is 8.66. The molecule has 0 unspecified atom stereocenters. The number of fused-ring (bicyclic) bond motifs is 1. The molecule has 1 N–H and O–H groups in total. The third kappa shape index (κ3) is 1.74. The zero-order valence-electron chi connectivity index (χ0n) is 10.7. The number of rotatable bonds is 2. The van der Waals surface area contributed by atoms with Crippen LogP contribution in [0.25, 0.3) is 11.1 Å². The molecule has 1 aliphatic rings. The smallest absolute Gasteiger partial charge is 0.265 e. The Labute approximate surface area is 105 Å². The third-order valence-corrected chi connectivity index (χ3v) is 3.68. The van der Waals surface area contributed by atoms with Crippen molar-refractivity contribution < 1.29 is 4.52 Å². The number of hydrogen-bond donors (Lipinski definition) is 1. The normalized spacial score (nSPS) is 17.1. The second kappa shape index (κ2) is 4.23. The van der Waals surface area contributed by atoms with Crippen LogP contribution in [-0.4, -0.2) is 15.1 Å². The van der Waals surface area contributed by atoms with E-state index in [4.69, 9.17) is 4.52 Å². The van der Waals surface area contributed by atoms with Crippen molar-refractivity contribution in [1.29, 1.82) is 0 Å². The van der Waals surface area contributed by atoms with Gasteiger partial charge in [0.1, 0.15) is 16.9 Å². The van der Waals surface area contributed by atoms with Crippen LogP contribution in [0.15, 0.2) is 9.32 Å². The molecule has 0 aromatic carbocycles. The maximum atomic E-state index is 12.1.